The highest BCUT2D eigenvalue weighted by atomic mass is 79.9. The lowest BCUT2D eigenvalue weighted by Gasteiger charge is -2.25. The number of thioether (sulfide) groups is 1. The summed E-state index contributed by atoms with van der Waals surface area (Å²) in [5, 5.41) is 4.61. The van der Waals surface area contributed by atoms with E-state index in [4.69, 9.17) is 4.74 Å². The molecular weight excluding hydrogens is 278 g/mol. The molecule has 0 aliphatic carbocycles. The summed E-state index contributed by atoms with van der Waals surface area (Å²) < 4.78 is 6.07. The third-order valence-corrected chi connectivity index (χ3v) is 3.92. The van der Waals surface area contributed by atoms with Crippen molar-refractivity contribution in [1.29, 1.82) is 0 Å². The summed E-state index contributed by atoms with van der Waals surface area (Å²) in [6.45, 7) is 4.49. The van der Waals surface area contributed by atoms with Gasteiger partial charge in [0.1, 0.15) is 5.03 Å². The first kappa shape index (κ1) is 11.2. The first-order valence-electron chi connectivity index (χ1n) is 4.80. The van der Waals surface area contributed by atoms with E-state index in [1.54, 1.807) is 18.0 Å². The maximum Gasteiger partial charge on any atom is 0.223 e. The number of rotatable bonds is 4. The standard InChI is InChI=1S/C9H12BrN3OS/c1-2-11-9-12-3-7(10)8(13-9)15-6-4-14-5-6/h3,6H,2,4-5H2,1H3,(H,11,12,13). The Hall–Kier alpha value is -0.330. The normalized spacial score (nSPS) is 16.1. The Morgan fingerprint density at radius 2 is 2.47 bits per heavy atom. The molecule has 15 heavy (non-hydrogen) atoms. The molecule has 1 fully saturated rings. The van der Waals surface area contributed by atoms with E-state index in [0.29, 0.717) is 11.2 Å². The van der Waals surface area contributed by atoms with E-state index < -0.39 is 0 Å². The van der Waals surface area contributed by atoms with Crippen LogP contribution in [0, 0.1) is 0 Å². The number of hydrogen-bond acceptors (Lipinski definition) is 5. The predicted octanol–water partition coefficient (Wildman–Crippen LogP) is 2.16. The van der Waals surface area contributed by atoms with Crippen molar-refractivity contribution >= 4 is 33.6 Å². The maximum atomic E-state index is 5.13. The zero-order valence-corrected chi connectivity index (χ0v) is 10.8. The molecule has 1 aromatic heterocycles. The number of nitrogens with one attached hydrogen (secondary N) is 1. The predicted molar refractivity (Wildman–Crippen MR) is 64.4 cm³/mol. The van der Waals surface area contributed by atoms with Gasteiger partial charge < -0.3 is 10.1 Å². The molecular formula is C9H12BrN3OS. The van der Waals surface area contributed by atoms with Crippen molar-refractivity contribution in [3.63, 3.8) is 0 Å². The van der Waals surface area contributed by atoms with Crippen LogP contribution in [0.4, 0.5) is 5.95 Å². The third-order valence-electron chi connectivity index (χ3n) is 1.93. The second-order valence-electron chi connectivity index (χ2n) is 3.15. The summed E-state index contributed by atoms with van der Waals surface area (Å²) in [4.78, 5) is 8.59. The molecule has 0 radical (unpaired) electrons. The minimum absolute atomic E-state index is 0.533. The van der Waals surface area contributed by atoms with Crippen molar-refractivity contribution in [2.45, 2.75) is 17.2 Å². The first-order chi connectivity index (χ1) is 7.29. The smallest absolute Gasteiger partial charge is 0.223 e. The first-order valence-corrected chi connectivity index (χ1v) is 6.47. The number of halogens is 1. The van der Waals surface area contributed by atoms with Gasteiger partial charge in [-0.3, -0.25) is 0 Å². The van der Waals surface area contributed by atoms with Crippen molar-refractivity contribution in [1.82, 2.24) is 9.97 Å². The van der Waals surface area contributed by atoms with Gasteiger partial charge in [0.2, 0.25) is 5.95 Å². The van der Waals surface area contributed by atoms with Crippen LogP contribution in [0.25, 0.3) is 0 Å². The largest absolute Gasteiger partial charge is 0.379 e. The van der Waals surface area contributed by atoms with Gasteiger partial charge in [-0.25, -0.2) is 9.97 Å². The van der Waals surface area contributed by atoms with E-state index in [9.17, 15) is 0 Å². The molecule has 4 nitrogen and oxygen atoms in total. The highest BCUT2D eigenvalue weighted by molar-refractivity contribution is 9.10. The Balaban J connectivity index is 2.08. The van der Waals surface area contributed by atoms with Gasteiger partial charge in [-0.1, -0.05) is 11.8 Å². The number of aromatic nitrogens is 2. The van der Waals surface area contributed by atoms with Crippen molar-refractivity contribution in [2.24, 2.45) is 0 Å². The number of anilines is 1. The van der Waals surface area contributed by atoms with Gasteiger partial charge in [0, 0.05) is 12.7 Å². The van der Waals surface area contributed by atoms with Gasteiger partial charge in [-0.2, -0.15) is 0 Å². The van der Waals surface area contributed by atoms with E-state index in [1.165, 1.54) is 0 Å². The minimum atomic E-state index is 0.533. The molecule has 1 N–H and O–H groups in total. The van der Waals surface area contributed by atoms with Gasteiger partial charge in [0.15, 0.2) is 0 Å². The van der Waals surface area contributed by atoms with Crippen molar-refractivity contribution in [3.8, 4) is 0 Å². The molecule has 0 aromatic carbocycles. The van der Waals surface area contributed by atoms with Crippen molar-refractivity contribution in [2.75, 3.05) is 25.1 Å². The Morgan fingerprint density at radius 3 is 3.07 bits per heavy atom. The zero-order chi connectivity index (χ0) is 10.7. The number of nitrogens with zero attached hydrogens (tertiary/aromatic N) is 2. The van der Waals surface area contributed by atoms with Crippen LogP contribution in [0.5, 0.6) is 0 Å². The maximum absolute atomic E-state index is 5.13. The third kappa shape index (κ3) is 2.83. The van der Waals surface area contributed by atoms with E-state index in [2.05, 4.69) is 31.2 Å². The Bertz CT molecular complexity index is 346. The van der Waals surface area contributed by atoms with Crippen molar-refractivity contribution in [3.05, 3.63) is 10.7 Å². The van der Waals surface area contributed by atoms with Crippen LogP contribution < -0.4 is 5.32 Å². The van der Waals surface area contributed by atoms with Gasteiger partial charge in [0.25, 0.3) is 0 Å². The molecule has 6 heteroatoms. The van der Waals surface area contributed by atoms with E-state index in [0.717, 1.165) is 29.3 Å². The molecule has 1 aliphatic rings. The second-order valence-corrected chi connectivity index (χ2v) is 5.30. The number of ether oxygens (including phenoxy) is 1. The fourth-order valence-corrected chi connectivity index (χ4v) is 2.54. The molecule has 1 aliphatic heterocycles. The SMILES string of the molecule is CCNc1ncc(Br)c(SC2COC2)n1. The lowest BCUT2D eigenvalue weighted by Crippen LogP contribution is -2.30. The molecule has 0 atom stereocenters. The van der Waals surface area contributed by atoms with Crippen LogP contribution >= 0.6 is 27.7 Å². The van der Waals surface area contributed by atoms with Crippen LogP contribution in [0.1, 0.15) is 6.92 Å². The van der Waals surface area contributed by atoms with Crippen LogP contribution in [0.15, 0.2) is 15.7 Å². The van der Waals surface area contributed by atoms with Crippen molar-refractivity contribution < 1.29 is 4.74 Å². The average molecular weight is 290 g/mol. The van der Waals surface area contributed by atoms with Crippen LogP contribution in [0.3, 0.4) is 0 Å². The monoisotopic (exact) mass is 289 g/mol. The molecule has 0 unspecified atom stereocenters. The quantitative estimate of drug-likeness (QED) is 0.861. The lowest BCUT2D eigenvalue weighted by molar-refractivity contribution is 0.0454. The summed E-state index contributed by atoms with van der Waals surface area (Å²) in [6.07, 6.45) is 1.78. The Labute approximate surface area is 101 Å². The van der Waals surface area contributed by atoms with E-state index >= 15 is 0 Å². The fraction of sp³-hybridized carbons (Fsp3) is 0.556. The fourth-order valence-electron chi connectivity index (χ4n) is 1.12. The molecule has 0 bridgehead atoms. The Kier molecular flexibility index (Phi) is 3.82. The summed E-state index contributed by atoms with van der Waals surface area (Å²) in [6, 6.07) is 0. The average Bonchev–Trinajstić information content (AvgIpc) is 2.16. The summed E-state index contributed by atoms with van der Waals surface area (Å²) in [5.41, 5.74) is 0. The minimum Gasteiger partial charge on any atom is -0.379 e. The van der Waals surface area contributed by atoms with Gasteiger partial charge in [-0.15, -0.1) is 0 Å². The van der Waals surface area contributed by atoms with E-state index in [-0.39, 0.29) is 0 Å². The molecule has 2 heterocycles. The summed E-state index contributed by atoms with van der Waals surface area (Å²) in [5.74, 6) is 0.684. The van der Waals surface area contributed by atoms with Gasteiger partial charge in [-0.05, 0) is 22.9 Å². The van der Waals surface area contributed by atoms with Crippen LogP contribution in [0.2, 0.25) is 0 Å². The van der Waals surface area contributed by atoms with E-state index in [1.807, 2.05) is 6.92 Å². The van der Waals surface area contributed by atoms with Gasteiger partial charge >= 0.3 is 0 Å². The molecule has 82 valence electrons. The molecule has 0 spiro atoms. The topological polar surface area (TPSA) is 47.0 Å². The lowest BCUT2D eigenvalue weighted by atomic mass is 10.4. The highest BCUT2D eigenvalue weighted by Gasteiger charge is 2.21. The molecule has 1 saturated heterocycles. The van der Waals surface area contributed by atoms with Gasteiger partial charge in [0.05, 0.1) is 22.9 Å². The second kappa shape index (κ2) is 5.14. The number of hydrogen-bond donors (Lipinski definition) is 1. The Morgan fingerprint density at radius 1 is 1.67 bits per heavy atom. The highest BCUT2D eigenvalue weighted by Crippen LogP contribution is 2.32. The van der Waals surface area contributed by atoms with Crippen LogP contribution in [-0.4, -0.2) is 35.0 Å². The summed E-state index contributed by atoms with van der Waals surface area (Å²) >= 11 is 5.18. The van der Waals surface area contributed by atoms with Crippen LogP contribution in [-0.2, 0) is 4.74 Å². The summed E-state index contributed by atoms with van der Waals surface area (Å²) in [7, 11) is 0. The molecule has 1 aromatic rings. The molecule has 2 rings (SSSR count). The zero-order valence-electron chi connectivity index (χ0n) is 8.36. The molecule has 0 saturated carbocycles. The molecule has 0 amide bonds.